The highest BCUT2D eigenvalue weighted by molar-refractivity contribution is 7.09. The zero-order valence-electron chi connectivity index (χ0n) is 17.9. The van der Waals surface area contributed by atoms with Crippen molar-refractivity contribution < 1.29 is 14.6 Å². The summed E-state index contributed by atoms with van der Waals surface area (Å²) in [5.74, 6) is 0.309. The summed E-state index contributed by atoms with van der Waals surface area (Å²) in [6.45, 7) is 10.8. The quantitative estimate of drug-likeness (QED) is 0.529. The summed E-state index contributed by atoms with van der Waals surface area (Å²) in [6, 6.07) is 0. The number of ether oxygens (including phenoxy) is 1. The number of esters is 1. The van der Waals surface area contributed by atoms with E-state index >= 15 is 0 Å². The third-order valence-electron chi connectivity index (χ3n) is 7.70. The van der Waals surface area contributed by atoms with Gasteiger partial charge in [0.1, 0.15) is 11.6 Å². The SMILES string of the molecule is C=C1CC[C@@H]2[C@](C)(CNCc3nccs3)[C@H](O)CC[C@@]2(C)[C@@H]1/C=C/C1=CCOC1=O. The van der Waals surface area contributed by atoms with Crippen molar-refractivity contribution in [2.45, 2.75) is 52.2 Å². The molecule has 162 valence electrons. The maximum Gasteiger partial charge on any atom is 0.338 e. The molecule has 2 fully saturated rings. The number of aromatic nitrogens is 1. The van der Waals surface area contributed by atoms with Gasteiger partial charge >= 0.3 is 5.97 Å². The first-order valence-corrected chi connectivity index (χ1v) is 11.7. The van der Waals surface area contributed by atoms with Gasteiger partial charge in [0, 0.05) is 36.0 Å². The predicted octanol–water partition coefficient (Wildman–Crippen LogP) is 4.02. The van der Waals surface area contributed by atoms with Gasteiger partial charge in [0.2, 0.25) is 0 Å². The summed E-state index contributed by atoms with van der Waals surface area (Å²) in [6.07, 6.45) is 11.1. The van der Waals surface area contributed by atoms with Gasteiger partial charge in [0.05, 0.1) is 11.7 Å². The number of nitrogens with one attached hydrogen (secondary N) is 1. The van der Waals surface area contributed by atoms with E-state index in [0.717, 1.165) is 43.8 Å². The minimum absolute atomic E-state index is 0.00570. The van der Waals surface area contributed by atoms with Crippen molar-refractivity contribution in [3.63, 3.8) is 0 Å². The Morgan fingerprint density at radius 1 is 1.43 bits per heavy atom. The minimum atomic E-state index is -0.331. The number of aliphatic hydroxyl groups excluding tert-OH is 1. The van der Waals surface area contributed by atoms with Crippen LogP contribution in [0, 0.1) is 22.7 Å². The van der Waals surface area contributed by atoms with Crippen LogP contribution in [0.5, 0.6) is 0 Å². The van der Waals surface area contributed by atoms with Crippen LogP contribution in [0.2, 0.25) is 0 Å². The third kappa shape index (κ3) is 3.81. The fourth-order valence-corrected chi connectivity index (χ4v) is 6.59. The second-order valence-electron chi connectivity index (χ2n) is 9.44. The molecular formula is C24H32N2O3S. The van der Waals surface area contributed by atoms with Gasteiger partial charge in [0.25, 0.3) is 0 Å². The number of nitrogens with zero attached hydrogens (tertiary/aromatic N) is 1. The van der Waals surface area contributed by atoms with Crippen LogP contribution in [0.4, 0.5) is 0 Å². The average Bonchev–Trinajstić information content (AvgIpc) is 3.37. The summed E-state index contributed by atoms with van der Waals surface area (Å²) in [5.41, 5.74) is 1.65. The maximum absolute atomic E-state index is 11.8. The number of carbonyl (C=O) groups excluding carboxylic acids is 1. The third-order valence-corrected chi connectivity index (χ3v) is 8.48. The van der Waals surface area contributed by atoms with E-state index in [1.165, 1.54) is 5.57 Å². The molecule has 2 aliphatic carbocycles. The fraction of sp³-hybridized carbons (Fsp3) is 0.583. The summed E-state index contributed by atoms with van der Waals surface area (Å²) in [4.78, 5) is 16.2. The average molecular weight is 429 g/mol. The first-order chi connectivity index (χ1) is 14.3. The van der Waals surface area contributed by atoms with E-state index in [9.17, 15) is 9.90 Å². The van der Waals surface area contributed by atoms with Crippen LogP contribution >= 0.6 is 11.3 Å². The normalized spacial score (nSPS) is 36.6. The first kappa shape index (κ1) is 21.5. The Bertz CT molecular complexity index is 862. The molecule has 5 nitrogen and oxygen atoms in total. The number of fused-ring (bicyclic) bond motifs is 1. The smallest absolute Gasteiger partial charge is 0.338 e. The zero-order chi connectivity index (χ0) is 21.4. The summed E-state index contributed by atoms with van der Waals surface area (Å²) < 4.78 is 5.04. The van der Waals surface area contributed by atoms with Crippen molar-refractivity contribution in [1.82, 2.24) is 10.3 Å². The lowest BCUT2D eigenvalue weighted by molar-refractivity contribution is -0.135. The molecule has 0 amide bonds. The Hall–Kier alpha value is -1.76. The van der Waals surface area contributed by atoms with E-state index in [1.807, 2.05) is 23.7 Å². The van der Waals surface area contributed by atoms with E-state index in [2.05, 4.69) is 36.8 Å². The Kier molecular flexibility index (Phi) is 6.02. The number of thiazole rings is 1. The molecule has 1 aromatic rings. The maximum atomic E-state index is 11.8. The molecule has 6 heteroatoms. The number of rotatable bonds is 6. The Morgan fingerprint density at radius 2 is 2.27 bits per heavy atom. The largest absolute Gasteiger partial charge is 0.458 e. The topological polar surface area (TPSA) is 71.5 Å². The summed E-state index contributed by atoms with van der Waals surface area (Å²) >= 11 is 1.65. The molecule has 30 heavy (non-hydrogen) atoms. The number of aliphatic hydroxyl groups is 1. The highest BCUT2D eigenvalue weighted by Gasteiger charge is 2.57. The first-order valence-electron chi connectivity index (χ1n) is 10.8. The van der Waals surface area contributed by atoms with Crippen LogP contribution in [-0.2, 0) is 16.1 Å². The van der Waals surface area contributed by atoms with E-state index in [-0.39, 0.29) is 28.8 Å². The van der Waals surface area contributed by atoms with Crippen molar-refractivity contribution in [3.05, 3.63) is 52.5 Å². The van der Waals surface area contributed by atoms with E-state index < -0.39 is 0 Å². The van der Waals surface area contributed by atoms with Crippen LogP contribution in [0.25, 0.3) is 0 Å². The summed E-state index contributed by atoms with van der Waals surface area (Å²) in [5, 5.41) is 17.7. The zero-order valence-corrected chi connectivity index (χ0v) is 18.7. The van der Waals surface area contributed by atoms with E-state index in [1.54, 1.807) is 11.3 Å². The Labute approximate surface area is 182 Å². The van der Waals surface area contributed by atoms with Crippen molar-refractivity contribution in [2.75, 3.05) is 13.2 Å². The molecule has 1 aromatic heterocycles. The van der Waals surface area contributed by atoms with Crippen molar-refractivity contribution in [1.29, 1.82) is 0 Å². The molecule has 5 atom stereocenters. The van der Waals surface area contributed by atoms with Crippen molar-refractivity contribution in [2.24, 2.45) is 22.7 Å². The van der Waals surface area contributed by atoms with Crippen molar-refractivity contribution in [3.8, 4) is 0 Å². The lowest BCUT2D eigenvalue weighted by Crippen LogP contribution is -2.58. The van der Waals surface area contributed by atoms with Crippen LogP contribution < -0.4 is 5.32 Å². The van der Waals surface area contributed by atoms with Crippen LogP contribution in [0.1, 0.15) is 44.5 Å². The van der Waals surface area contributed by atoms with Crippen LogP contribution in [0.15, 0.2) is 47.5 Å². The highest BCUT2D eigenvalue weighted by Crippen LogP contribution is 2.61. The molecular weight excluding hydrogens is 396 g/mol. The van der Waals surface area contributed by atoms with Gasteiger partial charge in [-0.2, -0.15) is 0 Å². The van der Waals surface area contributed by atoms with Gasteiger partial charge in [-0.3, -0.25) is 0 Å². The number of carbonyl (C=O) groups is 1. The molecule has 2 saturated carbocycles. The number of allylic oxidation sites excluding steroid dienone is 2. The van der Waals surface area contributed by atoms with Gasteiger partial charge in [-0.15, -0.1) is 11.3 Å². The molecule has 0 unspecified atom stereocenters. The molecule has 1 aliphatic heterocycles. The van der Waals surface area contributed by atoms with Crippen LogP contribution in [0.3, 0.4) is 0 Å². The molecule has 2 heterocycles. The number of hydrogen-bond acceptors (Lipinski definition) is 6. The van der Waals surface area contributed by atoms with E-state index in [0.29, 0.717) is 18.1 Å². The van der Waals surface area contributed by atoms with Gasteiger partial charge in [0.15, 0.2) is 0 Å². The van der Waals surface area contributed by atoms with Gasteiger partial charge in [-0.1, -0.05) is 38.2 Å². The molecule has 0 spiro atoms. The predicted molar refractivity (Wildman–Crippen MR) is 119 cm³/mol. The number of hydrogen-bond donors (Lipinski definition) is 2. The van der Waals surface area contributed by atoms with Gasteiger partial charge in [-0.25, -0.2) is 9.78 Å². The molecule has 0 aromatic carbocycles. The minimum Gasteiger partial charge on any atom is -0.458 e. The lowest BCUT2D eigenvalue weighted by atomic mass is 9.46. The molecule has 0 saturated heterocycles. The van der Waals surface area contributed by atoms with E-state index in [4.69, 9.17) is 4.74 Å². The molecule has 3 aliphatic rings. The molecule has 4 rings (SSSR count). The monoisotopic (exact) mass is 428 g/mol. The molecule has 0 bridgehead atoms. The second kappa shape index (κ2) is 8.40. The Morgan fingerprint density at radius 3 is 2.97 bits per heavy atom. The standard InChI is InChI=1S/C24H32N2O3S/c1-16-4-7-19-23(2,18(16)6-5-17-9-12-29-22(17)28)10-8-20(27)24(19,3)15-25-14-21-26-11-13-30-21/h5-6,9,11,13,18-20,25,27H,1,4,7-8,10,12,14-15H2,2-3H3/b6-5+/t18-,19+,20-,23+,24+/m1/s1. The van der Waals surface area contributed by atoms with Gasteiger partial charge in [-0.05, 0) is 43.1 Å². The molecule has 0 radical (unpaired) electrons. The second-order valence-corrected chi connectivity index (χ2v) is 10.4. The van der Waals surface area contributed by atoms with Crippen molar-refractivity contribution >= 4 is 17.3 Å². The molecule has 2 N–H and O–H groups in total. The fourth-order valence-electron chi connectivity index (χ4n) is 6.01. The van der Waals surface area contributed by atoms with Crippen LogP contribution in [-0.4, -0.2) is 35.3 Å². The Balaban J connectivity index is 1.55. The summed E-state index contributed by atoms with van der Waals surface area (Å²) in [7, 11) is 0. The number of cyclic esters (lactones) is 1. The highest BCUT2D eigenvalue weighted by atomic mass is 32.1. The van der Waals surface area contributed by atoms with Gasteiger partial charge < -0.3 is 15.2 Å². The lowest BCUT2D eigenvalue weighted by Gasteiger charge is -2.60.